The molecule has 0 radical (unpaired) electrons. The monoisotopic (exact) mass is 270 g/mol. The Labute approximate surface area is 112 Å². The lowest BCUT2D eigenvalue weighted by atomic mass is 10.0. The molecule has 0 amide bonds. The van der Waals surface area contributed by atoms with Gasteiger partial charge in [-0.1, -0.05) is 12.1 Å². The summed E-state index contributed by atoms with van der Waals surface area (Å²) in [6.45, 7) is 5.14. The molecule has 3 nitrogen and oxygen atoms in total. The number of nitrogens with zero attached hydrogens (tertiary/aromatic N) is 1. The van der Waals surface area contributed by atoms with Crippen molar-refractivity contribution in [1.29, 1.82) is 0 Å². The number of rotatable bonds is 4. The van der Waals surface area contributed by atoms with Crippen molar-refractivity contribution in [3.8, 4) is 0 Å². The molecule has 19 heavy (non-hydrogen) atoms. The summed E-state index contributed by atoms with van der Waals surface area (Å²) in [5.74, 6) is -1.67. The van der Waals surface area contributed by atoms with Gasteiger partial charge in [0, 0.05) is 30.7 Å². The molecule has 1 fully saturated rings. The van der Waals surface area contributed by atoms with Gasteiger partial charge in [-0.2, -0.15) is 0 Å². The van der Waals surface area contributed by atoms with Gasteiger partial charge in [0.15, 0.2) is 11.6 Å². The van der Waals surface area contributed by atoms with Crippen LogP contribution in [0.2, 0.25) is 0 Å². The summed E-state index contributed by atoms with van der Waals surface area (Å²) < 4.78 is 32.1. The first kappa shape index (κ1) is 14.4. The molecule has 1 aromatic carbocycles. The van der Waals surface area contributed by atoms with Crippen molar-refractivity contribution in [3.05, 3.63) is 35.4 Å². The largest absolute Gasteiger partial charge is 0.379 e. The highest BCUT2D eigenvalue weighted by Crippen LogP contribution is 2.21. The summed E-state index contributed by atoms with van der Waals surface area (Å²) in [6, 6.07) is 4.01. The standard InChI is InChI=1S/C14H20F2N2O/c1-10-9-19-8-7-18(10)6-5-13(17)11-3-2-4-12(15)14(11)16/h2-4,10,13H,5-9,17H2,1H3. The van der Waals surface area contributed by atoms with E-state index in [-0.39, 0.29) is 5.56 Å². The summed E-state index contributed by atoms with van der Waals surface area (Å²) >= 11 is 0. The highest BCUT2D eigenvalue weighted by molar-refractivity contribution is 5.22. The Morgan fingerprint density at radius 2 is 2.26 bits per heavy atom. The number of ether oxygens (including phenoxy) is 1. The van der Waals surface area contributed by atoms with E-state index < -0.39 is 17.7 Å². The van der Waals surface area contributed by atoms with Crippen LogP contribution in [0.1, 0.15) is 24.9 Å². The molecule has 1 aliphatic rings. The van der Waals surface area contributed by atoms with Crippen molar-refractivity contribution in [2.75, 3.05) is 26.3 Å². The van der Waals surface area contributed by atoms with Gasteiger partial charge in [0.1, 0.15) is 0 Å². The molecule has 2 N–H and O–H groups in total. The van der Waals surface area contributed by atoms with E-state index >= 15 is 0 Å². The highest BCUT2D eigenvalue weighted by atomic mass is 19.2. The van der Waals surface area contributed by atoms with Crippen LogP contribution >= 0.6 is 0 Å². The topological polar surface area (TPSA) is 38.5 Å². The predicted molar refractivity (Wildman–Crippen MR) is 69.8 cm³/mol. The first-order chi connectivity index (χ1) is 9.09. The summed E-state index contributed by atoms with van der Waals surface area (Å²) in [4.78, 5) is 2.26. The Kier molecular flexibility index (Phi) is 4.85. The lowest BCUT2D eigenvalue weighted by Gasteiger charge is -2.33. The molecule has 0 bridgehead atoms. The van der Waals surface area contributed by atoms with Gasteiger partial charge >= 0.3 is 0 Å². The fourth-order valence-electron chi connectivity index (χ4n) is 2.36. The maximum absolute atomic E-state index is 13.6. The molecule has 2 atom stereocenters. The van der Waals surface area contributed by atoms with Gasteiger partial charge < -0.3 is 10.5 Å². The van der Waals surface area contributed by atoms with Crippen molar-refractivity contribution in [2.45, 2.75) is 25.4 Å². The van der Waals surface area contributed by atoms with Gasteiger partial charge in [-0.15, -0.1) is 0 Å². The fraction of sp³-hybridized carbons (Fsp3) is 0.571. The number of morpholine rings is 1. The summed E-state index contributed by atoms with van der Waals surface area (Å²) in [6.07, 6.45) is 0.602. The third kappa shape index (κ3) is 3.49. The average molecular weight is 270 g/mol. The summed E-state index contributed by atoms with van der Waals surface area (Å²) in [5.41, 5.74) is 6.21. The average Bonchev–Trinajstić information content (AvgIpc) is 2.40. The molecule has 0 aromatic heterocycles. The van der Waals surface area contributed by atoms with Gasteiger partial charge in [0.2, 0.25) is 0 Å². The first-order valence-corrected chi connectivity index (χ1v) is 6.61. The minimum absolute atomic E-state index is 0.251. The zero-order valence-corrected chi connectivity index (χ0v) is 11.1. The predicted octanol–water partition coefficient (Wildman–Crippen LogP) is 2.08. The maximum atomic E-state index is 13.6. The van der Waals surface area contributed by atoms with Gasteiger partial charge in [-0.25, -0.2) is 8.78 Å². The molecule has 1 aromatic rings. The van der Waals surface area contributed by atoms with Crippen molar-refractivity contribution in [2.24, 2.45) is 5.73 Å². The van der Waals surface area contributed by atoms with Crippen LogP contribution in [0, 0.1) is 11.6 Å². The van der Waals surface area contributed by atoms with E-state index in [1.54, 1.807) is 6.07 Å². The normalized spacial score (nSPS) is 22.4. The second kappa shape index (κ2) is 6.41. The second-order valence-corrected chi connectivity index (χ2v) is 5.00. The van der Waals surface area contributed by atoms with Gasteiger partial charge in [0.05, 0.1) is 13.2 Å². The Bertz CT molecular complexity index is 428. The molecule has 0 saturated carbocycles. The molecular formula is C14H20F2N2O. The van der Waals surface area contributed by atoms with Crippen molar-refractivity contribution in [3.63, 3.8) is 0 Å². The van der Waals surface area contributed by atoms with Crippen molar-refractivity contribution in [1.82, 2.24) is 4.90 Å². The number of hydrogen-bond donors (Lipinski definition) is 1. The van der Waals surface area contributed by atoms with Crippen molar-refractivity contribution < 1.29 is 13.5 Å². The molecule has 106 valence electrons. The Hall–Kier alpha value is -1.04. The van der Waals surface area contributed by atoms with Crippen molar-refractivity contribution >= 4 is 0 Å². The van der Waals surface area contributed by atoms with Crippen LogP contribution in [-0.2, 0) is 4.74 Å². The van der Waals surface area contributed by atoms with Crippen LogP contribution in [0.4, 0.5) is 8.78 Å². The third-order valence-corrected chi connectivity index (χ3v) is 3.61. The number of nitrogens with two attached hydrogens (primary N) is 1. The van der Waals surface area contributed by atoms with E-state index in [0.29, 0.717) is 25.7 Å². The first-order valence-electron chi connectivity index (χ1n) is 6.61. The molecule has 1 saturated heterocycles. The molecule has 0 spiro atoms. The number of benzene rings is 1. The molecule has 1 heterocycles. The highest BCUT2D eigenvalue weighted by Gasteiger charge is 2.20. The summed E-state index contributed by atoms with van der Waals surface area (Å²) in [5, 5.41) is 0. The maximum Gasteiger partial charge on any atom is 0.163 e. The van der Waals surface area contributed by atoms with Gasteiger partial charge in [0.25, 0.3) is 0 Å². The minimum Gasteiger partial charge on any atom is -0.379 e. The molecule has 0 aliphatic carbocycles. The van der Waals surface area contributed by atoms with Crippen LogP contribution < -0.4 is 5.73 Å². The molecule has 5 heteroatoms. The smallest absolute Gasteiger partial charge is 0.163 e. The van der Waals surface area contributed by atoms with Crippen LogP contribution in [-0.4, -0.2) is 37.2 Å². The molecular weight excluding hydrogens is 250 g/mol. The second-order valence-electron chi connectivity index (χ2n) is 5.00. The summed E-state index contributed by atoms with van der Waals surface area (Å²) in [7, 11) is 0. The SMILES string of the molecule is CC1COCCN1CCC(N)c1cccc(F)c1F. The van der Waals surface area contributed by atoms with E-state index in [9.17, 15) is 8.78 Å². The lowest BCUT2D eigenvalue weighted by Crippen LogP contribution is -2.44. The molecule has 2 rings (SSSR count). The zero-order chi connectivity index (χ0) is 13.8. The Balaban J connectivity index is 1.93. The number of halogens is 2. The van der Waals surface area contributed by atoms with E-state index in [1.807, 2.05) is 0 Å². The van der Waals surface area contributed by atoms with E-state index in [1.165, 1.54) is 6.07 Å². The molecule has 1 aliphatic heterocycles. The van der Waals surface area contributed by atoms with Crippen LogP contribution in [0.5, 0.6) is 0 Å². The van der Waals surface area contributed by atoms with Crippen LogP contribution in [0.25, 0.3) is 0 Å². The Morgan fingerprint density at radius 1 is 1.47 bits per heavy atom. The van der Waals surface area contributed by atoms with Crippen LogP contribution in [0.3, 0.4) is 0 Å². The quantitative estimate of drug-likeness (QED) is 0.910. The fourth-order valence-corrected chi connectivity index (χ4v) is 2.36. The number of hydrogen-bond acceptors (Lipinski definition) is 3. The van der Waals surface area contributed by atoms with E-state index in [4.69, 9.17) is 10.5 Å². The van der Waals surface area contributed by atoms with Gasteiger partial charge in [-0.3, -0.25) is 4.90 Å². The van der Waals surface area contributed by atoms with E-state index in [2.05, 4.69) is 11.8 Å². The molecule has 2 unspecified atom stereocenters. The van der Waals surface area contributed by atoms with Gasteiger partial charge in [-0.05, 0) is 19.4 Å². The lowest BCUT2D eigenvalue weighted by molar-refractivity contribution is -0.00143. The van der Waals surface area contributed by atoms with Crippen LogP contribution in [0.15, 0.2) is 18.2 Å². The van der Waals surface area contributed by atoms with E-state index in [0.717, 1.165) is 19.2 Å². The third-order valence-electron chi connectivity index (χ3n) is 3.61. The Morgan fingerprint density at radius 3 is 3.00 bits per heavy atom. The minimum atomic E-state index is -0.840. The zero-order valence-electron chi connectivity index (χ0n) is 11.1.